The maximum Gasteiger partial charge on any atom is 0.227 e. The summed E-state index contributed by atoms with van der Waals surface area (Å²) in [6.07, 6.45) is 4.35. The second kappa shape index (κ2) is 6.57. The molecule has 1 amide bonds. The fraction of sp³-hybridized carbons (Fsp3) is 0.333. The summed E-state index contributed by atoms with van der Waals surface area (Å²) in [5.74, 6) is 1.11. The van der Waals surface area contributed by atoms with E-state index in [1.807, 2.05) is 53.7 Å². The van der Waals surface area contributed by atoms with Crippen molar-refractivity contribution in [1.82, 2.24) is 19.2 Å². The standard InChI is InChI=1S/C21H23ClN4O/c1-21(2,3)26-20(24-10-6-7-11-24)16-13-25(14-18(16)23-26)19(27)12-15-8-4-5-9-17(15)22/h4-11H,12-14H2,1-3H3. The third-order valence-electron chi connectivity index (χ3n) is 4.87. The van der Waals surface area contributed by atoms with Gasteiger partial charge >= 0.3 is 0 Å². The van der Waals surface area contributed by atoms with E-state index in [-0.39, 0.29) is 11.4 Å². The number of amides is 1. The highest BCUT2D eigenvalue weighted by atomic mass is 35.5. The van der Waals surface area contributed by atoms with E-state index in [4.69, 9.17) is 16.7 Å². The molecule has 0 fully saturated rings. The first-order chi connectivity index (χ1) is 12.8. The van der Waals surface area contributed by atoms with Crippen LogP contribution in [0.5, 0.6) is 0 Å². The van der Waals surface area contributed by atoms with Gasteiger partial charge in [0.25, 0.3) is 0 Å². The number of hydrogen-bond acceptors (Lipinski definition) is 2. The Hall–Kier alpha value is -2.53. The minimum atomic E-state index is -0.143. The normalized spacial score (nSPS) is 13.9. The van der Waals surface area contributed by atoms with Crippen LogP contribution in [0.4, 0.5) is 0 Å². The van der Waals surface area contributed by atoms with Gasteiger partial charge in [-0.05, 0) is 44.5 Å². The molecule has 0 spiro atoms. The Morgan fingerprint density at radius 1 is 1.11 bits per heavy atom. The number of benzene rings is 1. The quantitative estimate of drug-likeness (QED) is 0.682. The minimum Gasteiger partial charge on any atom is -0.332 e. The van der Waals surface area contributed by atoms with Crippen molar-refractivity contribution in [3.8, 4) is 5.82 Å². The molecular weight excluding hydrogens is 360 g/mol. The molecule has 2 aromatic heterocycles. The lowest BCUT2D eigenvalue weighted by Crippen LogP contribution is -2.30. The number of hydrogen-bond donors (Lipinski definition) is 0. The molecule has 1 aromatic carbocycles. The molecule has 140 valence electrons. The van der Waals surface area contributed by atoms with Crippen molar-refractivity contribution in [2.45, 2.75) is 45.8 Å². The lowest BCUT2D eigenvalue weighted by atomic mass is 10.1. The fourth-order valence-electron chi connectivity index (χ4n) is 3.50. The van der Waals surface area contributed by atoms with E-state index in [2.05, 4.69) is 30.0 Å². The predicted octanol–water partition coefficient (Wildman–Crippen LogP) is 4.17. The maximum absolute atomic E-state index is 12.8. The van der Waals surface area contributed by atoms with E-state index < -0.39 is 0 Å². The third-order valence-corrected chi connectivity index (χ3v) is 5.23. The molecule has 3 aromatic rings. The van der Waals surface area contributed by atoms with Crippen LogP contribution in [0.1, 0.15) is 37.6 Å². The van der Waals surface area contributed by atoms with E-state index in [0.29, 0.717) is 24.5 Å². The Kier molecular flexibility index (Phi) is 4.35. The van der Waals surface area contributed by atoms with Crippen LogP contribution in [0, 0.1) is 0 Å². The zero-order valence-corrected chi connectivity index (χ0v) is 16.6. The minimum absolute atomic E-state index is 0.0712. The van der Waals surface area contributed by atoms with Gasteiger partial charge in [-0.2, -0.15) is 5.10 Å². The van der Waals surface area contributed by atoms with Gasteiger partial charge in [-0.15, -0.1) is 0 Å². The van der Waals surface area contributed by atoms with Crippen LogP contribution in [0.2, 0.25) is 5.02 Å². The zero-order valence-electron chi connectivity index (χ0n) is 15.8. The van der Waals surface area contributed by atoms with Crippen LogP contribution in [0.15, 0.2) is 48.8 Å². The van der Waals surface area contributed by atoms with Gasteiger partial charge in [-0.25, -0.2) is 4.68 Å². The maximum atomic E-state index is 12.8. The average Bonchev–Trinajstić information content (AvgIpc) is 3.30. The first kappa shape index (κ1) is 17.9. The van der Waals surface area contributed by atoms with Gasteiger partial charge < -0.3 is 9.47 Å². The van der Waals surface area contributed by atoms with Crippen molar-refractivity contribution in [1.29, 1.82) is 0 Å². The number of rotatable bonds is 3. The van der Waals surface area contributed by atoms with Crippen molar-refractivity contribution in [3.05, 3.63) is 70.6 Å². The van der Waals surface area contributed by atoms with Crippen LogP contribution in [0.3, 0.4) is 0 Å². The summed E-state index contributed by atoms with van der Waals surface area (Å²) in [4.78, 5) is 14.7. The molecule has 0 radical (unpaired) electrons. The molecular formula is C21H23ClN4O. The Morgan fingerprint density at radius 3 is 2.48 bits per heavy atom. The molecule has 1 aliphatic rings. The first-order valence-electron chi connectivity index (χ1n) is 9.10. The SMILES string of the molecule is CC(C)(C)n1nc2c(c1-n1cccc1)CN(C(=O)Cc1ccccc1Cl)C2. The summed E-state index contributed by atoms with van der Waals surface area (Å²) in [5, 5.41) is 5.48. The van der Waals surface area contributed by atoms with E-state index in [1.165, 1.54) is 0 Å². The molecule has 0 unspecified atom stereocenters. The number of carbonyl (C=O) groups is 1. The lowest BCUT2D eigenvalue weighted by molar-refractivity contribution is -0.131. The second-order valence-corrected chi connectivity index (χ2v) is 8.35. The van der Waals surface area contributed by atoms with E-state index in [1.54, 1.807) is 0 Å². The molecule has 0 saturated carbocycles. The van der Waals surface area contributed by atoms with Gasteiger partial charge in [0.1, 0.15) is 5.82 Å². The molecule has 6 heteroatoms. The zero-order chi connectivity index (χ0) is 19.2. The predicted molar refractivity (Wildman–Crippen MR) is 106 cm³/mol. The van der Waals surface area contributed by atoms with Gasteiger partial charge in [0.15, 0.2) is 0 Å². The summed E-state index contributed by atoms with van der Waals surface area (Å²) in [6.45, 7) is 7.53. The van der Waals surface area contributed by atoms with Crippen LogP contribution < -0.4 is 0 Å². The van der Waals surface area contributed by atoms with Gasteiger partial charge in [-0.1, -0.05) is 29.8 Å². The second-order valence-electron chi connectivity index (χ2n) is 7.94. The molecule has 1 aliphatic heterocycles. The van der Waals surface area contributed by atoms with Gasteiger partial charge in [0.05, 0.1) is 30.7 Å². The number of fused-ring (bicyclic) bond motifs is 1. The topological polar surface area (TPSA) is 43.1 Å². The molecule has 0 atom stereocenters. The molecule has 4 rings (SSSR count). The van der Waals surface area contributed by atoms with E-state index in [0.717, 1.165) is 22.6 Å². The summed E-state index contributed by atoms with van der Waals surface area (Å²) in [6, 6.07) is 11.5. The van der Waals surface area contributed by atoms with Gasteiger partial charge in [0.2, 0.25) is 5.91 Å². The third kappa shape index (κ3) is 3.28. The largest absolute Gasteiger partial charge is 0.332 e. The molecule has 0 aliphatic carbocycles. The van der Waals surface area contributed by atoms with Crippen molar-refractivity contribution >= 4 is 17.5 Å². The number of halogens is 1. The summed E-state index contributed by atoms with van der Waals surface area (Å²) in [7, 11) is 0. The van der Waals surface area contributed by atoms with Crippen LogP contribution in [-0.4, -0.2) is 25.2 Å². The Labute approximate surface area is 164 Å². The first-order valence-corrected chi connectivity index (χ1v) is 9.48. The van der Waals surface area contributed by atoms with E-state index in [9.17, 15) is 4.79 Å². The van der Waals surface area contributed by atoms with Crippen molar-refractivity contribution in [3.63, 3.8) is 0 Å². The highest BCUT2D eigenvalue weighted by Gasteiger charge is 2.33. The highest BCUT2D eigenvalue weighted by Crippen LogP contribution is 2.32. The Balaban J connectivity index is 1.63. The van der Waals surface area contributed by atoms with Crippen molar-refractivity contribution in [2.75, 3.05) is 0 Å². The number of nitrogens with zero attached hydrogens (tertiary/aromatic N) is 4. The van der Waals surface area contributed by atoms with Crippen molar-refractivity contribution in [2.24, 2.45) is 0 Å². The average molecular weight is 383 g/mol. The highest BCUT2D eigenvalue weighted by molar-refractivity contribution is 6.31. The summed E-state index contributed by atoms with van der Waals surface area (Å²) >= 11 is 6.22. The fourth-order valence-corrected chi connectivity index (χ4v) is 3.71. The van der Waals surface area contributed by atoms with Crippen molar-refractivity contribution < 1.29 is 4.79 Å². The molecule has 0 bridgehead atoms. The molecule has 3 heterocycles. The Morgan fingerprint density at radius 2 is 1.81 bits per heavy atom. The summed E-state index contributed by atoms with van der Waals surface area (Å²) in [5.41, 5.74) is 2.81. The smallest absolute Gasteiger partial charge is 0.227 e. The van der Waals surface area contributed by atoms with Crippen LogP contribution >= 0.6 is 11.6 Å². The monoisotopic (exact) mass is 382 g/mol. The van der Waals surface area contributed by atoms with Gasteiger partial charge in [0, 0.05) is 23.0 Å². The number of carbonyl (C=O) groups excluding carboxylic acids is 1. The summed E-state index contributed by atoms with van der Waals surface area (Å²) < 4.78 is 4.15. The molecule has 0 saturated heterocycles. The molecule has 5 nitrogen and oxygen atoms in total. The lowest BCUT2D eigenvalue weighted by Gasteiger charge is -2.24. The van der Waals surface area contributed by atoms with Gasteiger partial charge in [-0.3, -0.25) is 4.79 Å². The van der Waals surface area contributed by atoms with E-state index >= 15 is 0 Å². The molecule has 27 heavy (non-hydrogen) atoms. The van der Waals surface area contributed by atoms with Crippen LogP contribution in [0.25, 0.3) is 5.82 Å². The number of aromatic nitrogens is 3. The van der Waals surface area contributed by atoms with Crippen LogP contribution in [-0.2, 0) is 29.8 Å². The Bertz CT molecular complexity index is 982. The molecule has 0 N–H and O–H groups in total.